The predicted molar refractivity (Wildman–Crippen MR) is 135 cm³/mol. The van der Waals surface area contributed by atoms with Crippen molar-refractivity contribution in [2.75, 3.05) is 39.4 Å². The van der Waals surface area contributed by atoms with Crippen LogP contribution in [0.15, 0.2) is 48.0 Å². The zero-order valence-corrected chi connectivity index (χ0v) is 20.9. The van der Waals surface area contributed by atoms with Gasteiger partial charge >= 0.3 is 0 Å². The van der Waals surface area contributed by atoms with Gasteiger partial charge in [-0.3, -0.25) is 9.59 Å². The first-order chi connectivity index (χ1) is 16.8. The average molecular weight is 479 g/mol. The van der Waals surface area contributed by atoms with Crippen molar-refractivity contribution in [3.63, 3.8) is 0 Å². The van der Waals surface area contributed by atoms with E-state index in [1.807, 2.05) is 24.3 Å². The van der Waals surface area contributed by atoms with Crippen molar-refractivity contribution in [2.24, 2.45) is 0 Å². The molecule has 0 radical (unpaired) electrons. The number of hydrogen-bond donors (Lipinski definition) is 1. The van der Waals surface area contributed by atoms with Crippen LogP contribution in [0.5, 0.6) is 11.5 Å². The number of rotatable bonds is 8. The Morgan fingerprint density at radius 2 is 1.69 bits per heavy atom. The zero-order chi connectivity index (χ0) is 25.1. The quantitative estimate of drug-likeness (QED) is 0.345. The van der Waals surface area contributed by atoms with E-state index in [1.165, 1.54) is 5.56 Å². The van der Waals surface area contributed by atoms with E-state index in [9.17, 15) is 14.7 Å². The van der Waals surface area contributed by atoms with Crippen molar-refractivity contribution in [3.8, 4) is 11.5 Å². The van der Waals surface area contributed by atoms with Crippen LogP contribution >= 0.6 is 0 Å². The van der Waals surface area contributed by atoms with Crippen LogP contribution < -0.4 is 9.47 Å². The van der Waals surface area contributed by atoms with Crippen molar-refractivity contribution < 1.29 is 24.2 Å². The normalized spacial score (nSPS) is 19.1. The van der Waals surface area contributed by atoms with E-state index >= 15 is 0 Å². The van der Waals surface area contributed by atoms with Crippen LogP contribution in [0.4, 0.5) is 0 Å². The number of carbonyl (C=O) groups is 2. The summed E-state index contributed by atoms with van der Waals surface area (Å²) < 4.78 is 11.2. The lowest BCUT2D eigenvalue weighted by Crippen LogP contribution is -2.38. The second-order valence-electron chi connectivity index (χ2n) is 9.20. The van der Waals surface area contributed by atoms with Gasteiger partial charge in [-0.2, -0.15) is 0 Å². The molecule has 2 aliphatic rings. The number of aliphatic hydroxyl groups is 1. The van der Waals surface area contributed by atoms with E-state index in [4.69, 9.17) is 9.47 Å². The fourth-order valence-electron chi connectivity index (χ4n) is 4.66. The fourth-order valence-corrected chi connectivity index (χ4v) is 4.66. The van der Waals surface area contributed by atoms with Gasteiger partial charge in [0, 0.05) is 18.7 Å². The maximum absolute atomic E-state index is 13.3. The molecule has 7 heteroatoms. The summed E-state index contributed by atoms with van der Waals surface area (Å²) >= 11 is 0. The Kier molecular flexibility index (Phi) is 7.45. The monoisotopic (exact) mass is 478 g/mol. The van der Waals surface area contributed by atoms with Gasteiger partial charge < -0.3 is 24.4 Å². The average Bonchev–Trinajstić information content (AvgIpc) is 3.13. The van der Waals surface area contributed by atoms with E-state index in [0.29, 0.717) is 49.3 Å². The highest BCUT2D eigenvalue weighted by Crippen LogP contribution is 2.41. The molecule has 0 spiro atoms. The van der Waals surface area contributed by atoms with Crippen LogP contribution in [-0.2, 0) is 9.59 Å². The molecule has 186 valence electrons. The van der Waals surface area contributed by atoms with Gasteiger partial charge in [-0.1, -0.05) is 52.0 Å². The molecule has 7 nitrogen and oxygen atoms in total. The van der Waals surface area contributed by atoms with Crippen LogP contribution in [0.3, 0.4) is 0 Å². The van der Waals surface area contributed by atoms with Gasteiger partial charge in [0.1, 0.15) is 19.0 Å². The first kappa shape index (κ1) is 24.8. The Hall–Kier alpha value is -3.32. The van der Waals surface area contributed by atoms with Crippen LogP contribution in [0, 0.1) is 0 Å². The third kappa shape index (κ3) is 4.91. The number of benzene rings is 2. The van der Waals surface area contributed by atoms with Crippen LogP contribution in [0.25, 0.3) is 5.76 Å². The molecule has 1 saturated heterocycles. The third-order valence-electron chi connectivity index (χ3n) is 6.83. The molecule has 1 N–H and O–H groups in total. The minimum absolute atomic E-state index is 0.100. The second kappa shape index (κ2) is 10.5. The molecule has 2 aliphatic heterocycles. The number of ketones is 1. The summed E-state index contributed by atoms with van der Waals surface area (Å²) in [5.41, 5.74) is 2.48. The summed E-state index contributed by atoms with van der Waals surface area (Å²) in [6, 6.07) is 12.3. The van der Waals surface area contributed by atoms with Gasteiger partial charge in [0.25, 0.3) is 11.7 Å². The molecule has 1 atom stereocenters. The summed E-state index contributed by atoms with van der Waals surface area (Å²) in [5.74, 6) is -0.00866. The minimum atomic E-state index is -0.671. The highest BCUT2D eigenvalue weighted by atomic mass is 16.6. The summed E-state index contributed by atoms with van der Waals surface area (Å²) in [6.45, 7) is 12.0. The molecule has 0 aliphatic carbocycles. The fraction of sp³-hybridized carbons (Fsp3) is 0.429. The Labute approximate surface area is 206 Å². The number of fused-ring (bicyclic) bond motifs is 1. The molecule has 1 fully saturated rings. The number of likely N-dealkylation sites (tertiary alicyclic amines) is 1. The smallest absolute Gasteiger partial charge is 0.295 e. The highest BCUT2D eigenvalue weighted by Gasteiger charge is 2.46. The van der Waals surface area contributed by atoms with Crippen LogP contribution in [0.1, 0.15) is 56.3 Å². The van der Waals surface area contributed by atoms with E-state index in [1.54, 1.807) is 23.1 Å². The van der Waals surface area contributed by atoms with Crippen molar-refractivity contribution in [1.29, 1.82) is 0 Å². The zero-order valence-electron chi connectivity index (χ0n) is 20.9. The SMILES string of the molecule is CCN(CC)CCN1C(=O)C(=O)C(=C(O)c2ccc3c(c2)OCCO3)[C@@H]1c1ccc(C(C)C)cc1. The number of likely N-dealkylation sites (N-methyl/N-ethyl adjacent to an activating group) is 1. The van der Waals surface area contributed by atoms with Crippen LogP contribution in [-0.4, -0.2) is 66.0 Å². The van der Waals surface area contributed by atoms with Gasteiger partial charge in [-0.25, -0.2) is 0 Å². The number of aliphatic hydroxyl groups excluding tert-OH is 1. The Morgan fingerprint density at radius 1 is 1.03 bits per heavy atom. The first-order valence-corrected chi connectivity index (χ1v) is 12.4. The molecule has 35 heavy (non-hydrogen) atoms. The molecule has 0 aromatic heterocycles. The lowest BCUT2D eigenvalue weighted by Gasteiger charge is -2.28. The van der Waals surface area contributed by atoms with E-state index < -0.39 is 17.7 Å². The number of Topliss-reactive ketones (excluding diaryl/α,β-unsaturated/α-hetero) is 1. The van der Waals surface area contributed by atoms with Gasteiger partial charge in [0.15, 0.2) is 11.5 Å². The molecular weight excluding hydrogens is 444 g/mol. The molecule has 4 rings (SSSR count). The molecule has 0 bridgehead atoms. The molecule has 0 saturated carbocycles. The van der Waals surface area contributed by atoms with Crippen molar-refractivity contribution >= 4 is 17.4 Å². The van der Waals surface area contributed by atoms with E-state index in [-0.39, 0.29) is 11.3 Å². The van der Waals surface area contributed by atoms with Crippen molar-refractivity contribution in [2.45, 2.75) is 39.7 Å². The van der Waals surface area contributed by atoms with E-state index in [0.717, 1.165) is 18.7 Å². The lowest BCUT2D eigenvalue weighted by atomic mass is 9.93. The Morgan fingerprint density at radius 3 is 2.31 bits per heavy atom. The minimum Gasteiger partial charge on any atom is -0.507 e. The number of nitrogens with zero attached hydrogens (tertiary/aromatic N) is 2. The van der Waals surface area contributed by atoms with Gasteiger partial charge in [-0.15, -0.1) is 0 Å². The summed E-state index contributed by atoms with van der Waals surface area (Å²) in [5, 5.41) is 11.3. The molecule has 1 amide bonds. The van der Waals surface area contributed by atoms with Crippen LogP contribution in [0.2, 0.25) is 0 Å². The number of ether oxygens (including phenoxy) is 2. The maximum Gasteiger partial charge on any atom is 0.295 e. The Bertz CT molecular complexity index is 1120. The standard InChI is InChI=1S/C28H34N2O5/c1-5-29(6-2)13-14-30-25(20-9-7-19(8-10-20)18(3)4)24(27(32)28(30)33)26(31)21-11-12-22-23(17-21)35-16-15-34-22/h7-12,17-18,25,31H,5-6,13-16H2,1-4H3/t25-/m0/s1. The molecule has 2 heterocycles. The molecular formula is C28H34N2O5. The molecule has 0 unspecified atom stereocenters. The lowest BCUT2D eigenvalue weighted by molar-refractivity contribution is -0.140. The molecule has 2 aromatic rings. The second-order valence-corrected chi connectivity index (χ2v) is 9.20. The van der Waals surface area contributed by atoms with Crippen molar-refractivity contribution in [3.05, 3.63) is 64.7 Å². The van der Waals surface area contributed by atoms with Crippen molar-refractivity contribution in [1.82, 2.24) is 9.80 Å². The van der Waals surface area contributed by atoms with Gasteiger partial charge in [0.2, 0.25) is 0 Å². The Balaban J connectivity index is 1.78. The van der Waals surface area contributed by atoms with E-state index in [2.05, 4.69) is 32.6 Å². The highest BCUT2D eigenvalue weighted by molar-refractivity contribution is 6.46. The summed E-state index contributed by atoms with van der Waals surface area (Å²) in [6.07, 6.45) is 0. The summed E-state index contributed by atoms with van der Waals surface area (Å²) in [7, 11) is 0. The third-order valence-corrected chi connectivity index (χ3v) is 6.83. The predicted octanol–water partition coefficient (Wildman–Crippen LogP) is 4.34. The largest absolute Gasteiger partial charge is 0.507 e. The topological polar surface area (TPSA) is 79.3 Å². The number of carbonyl (C=O) groups excluding carboxylic acids is 2. The molecule has 2 aromatic carbocycles. The number of hydrogen-bond acceptors (Lipinski definition) is 6. The van der Waals surface area contributed by atoms with Gasteiger partial charge in [0.05, 0.1) is 11.6 Å². The number of amides is 1. The van der Waals surface area contributed by atoms with Gasteiger partial charge in [-0.05, 0) is 48.3 Å². The first-order valence-electron chi connectivity index (χ1n) is 12.4. The maximum atomic E-state index is 13.3. The summed E-state index contributed by atoms with van der Waals surface area (Å²) in [4.78, 5) is 30.3.